The molecule has 1 aromatic rings. The van der Waals surface area contributed by atoms with Crippen LogP contribution in [0.5, 0.6) is 5.75 Å². The van der Waals surface area contributed by atoms with Crippen molar-refractivity contribution >= 4 is 23.1 Å². The maximum Gasteiger partial charge on any atom is 0.292 e. The molecule has 1 saturated carbocycles. The van der Waals surface area contributed by atoms with Crippen molar-refractivity contribution in [1.29, 1.82) is 0 Å². The van der Waals surface area contributed by atoms with Crippen LogP contribution in [0.3, 0.4) is 0 Å². The van der Waals surface area contributed by atoms with Gasteiger partial charge >= 0.3 is 0 Å². The number of ether oxygens (including phenoxy) is 1. The summed E-state index contributed by atoms with van der Waals surface area (Å²) in [6.45, 7) is 0.752. The van der Waals surface area contributed by atoms with E-state index in [0.717, 1.165) is 6.54 Å². The van der Waals surface area contributed by atoms with Gasteiger partial charge in [0, 0.05) is 23.4 Å². The maximum absolute atomic E-state index is 11.1. The molecular formula is C15H22N2O3S. The van der Waals surface area contributed by atoms with Crippen LogP contribution in [0.15, 0.2) is 18.2 Å². The first-order chi connectivity index (χ1) is 10.1. The minimum absolute atomic E-state index is 0.0999. The molecule has 5 nitrogen and oxygen atoms in total. The van der Waals surface area contributed by atoms with Crippen molar-refractivity contribution in [3.8, 4) is 5.75 Å². The Hall–Kier alpha value is -1.43. The number of benzene rings is 1. The quantitative estimate of drug-likeness (QED) is 0.633. The van der Waals surface area contributed by atoms with Crippen LogP contribution in [0.2, 0.25) is 0 Å². The lowest BCUT2D eigenvalue weighted by Gasteiger charge is -2.36. The van der Waals surface area contributed by atoms with Gasteiger partial charge in [0.05, 0.1) is 12.0 Å². The average Bonchev–Trinajstić information content (AvgIpc) is 2.53. The number of nitrogens with one attached hydrogen (secondary N) is 1. The summed E-state index contributed by atoms with van der Waals surface area (Å²) in [5, 5.41) is 14.4. The molecule has 1 aliphatic rings. The molecule has 1 aromatic carbocycles. The molecule has 21 heavy (non-hydrogen) atoms. The Labute approximate surface area is 129 Å². The molecule has 0 aliphatic heterocycles. The minimum Gasteiger partial charge on any atom is -0.497 e. The number of hydrogen-bond acceptors (Lipinski definition) is 5. The lowest BCUT2D eigenvalue weighted by molar-refractivity contribution is -0.384. The Kier molecular flexibility index (Phi) is 5.33. The Morgan fingerprint density at radius 2 is 2.10 bits per heavy atom. The Bertz CT molecular complexity index is 502. The lowest BCUT2D eigenvalue weighted by atomic mass is 9.88. The monoisotopic (exact) mass is 310 g/mol. The van der Waals surface area contributed by atoms with E-state index in [1.165, 1.54) is 38.2 Å². The average molecular weight is 310 g/mol. The van der Waals surface area contributed by atoms with E-state index in [-0.39, 0.29) is 15.4 Å². The molecule has 0 saturated heterocycles. The summed E-state index contributed by atoms with van der Waals surface area (Å²) >= 11 is 1.87. The van der Waals surface area contributed by atoms with Crippen LogP contribution in [0, 0.1) is 10.1 Å². The highest BCUT2D eigenvalue weighted by Crippen LogP contribution is 2.39. The van der Waals surface area contributed by atoms with Crippen molar-refractivity contribution < 1.29 is 9.66 Å². The second-order valence-corrected chi connectivity index (χ2v) is 6.72. The van der Waals surface area contributed by atoms with Gasteiger partial charge in [0.15, 0.2) is 0 Å². The summed E-state index contributed by atoms with van der Waals surface area (Å²) in [4.78, 5) is 10.8. The van der Waals surface area contributed by atoms with Gasteiger partial charge in [0.25, 0.3) is 5.69 Å². The predicted octanol–water partition coefficient (Wildman–Crippen LogP) is 4.08. The molecule has 2 rings (SSSR count). The largest absolute Gasteiger partial charge is 0.497 e. The van der Waals surface area contributed by atoms with E-state index in [2.05, 4.69) is 11.6 Å². The van der Waals surface area contributed by atoms with Gasteiger partial charge in [-0.15, -0.1) is 0 Å². The Morgan fingerprint density at radius 3 is 2.67 bits per heavy atom. The smallest absolute Gasteiger partial charge is 0.292 e. The highest BCUT2D eigenvalue weighted by atomic mass is 32.2. The van der Waals surface area contributed by atoms with Gasteiger partial charge in [-0.05, 0) is 25.2 Å². The number of methoxy groups -OCH3 is 1. The van der Waals surface area contributed by atoms with Crippen LogP contribution >= 0.6 is 11.8 Å². The van der Waals surface area contributed by atoms with Gasteiger partial charge in [-0.25, -0.2) is 0 Å². The van der Waals surface area contributed by atoms with E-state index in [1.807, 2.05) is 11.8 Å². The zero-order chi connectivity index (χ0) is 15.3. The zero-order valence-electron chi connectivity index (χ0n) is 12.6. The fourth-order valence-electron chi connectivity index (χ4n) is 2.85. The summed E-state index contributed by atoms with van der Waals surface area (Å²) in [5.74, 6) is 0.630. The summed E-state index contributed by atoms with van der Waals surface area (Å²) in [6, 6.07) is 4.82. The molecule has 0 bridgehead atoms. The van der Waals surface area contributed by atoms with E-state index in [4.69, 9.17) is 4.74 Å². The highest BCUT2D eigenvalue weighted by molar-refractivity contribution is 8.00. The van der Waals surface area contributed by atoms with Crippen LogP contribution in [0.25, 0.3) is 0 Å². The van der Waals surface area contributed by atoms with Crippen molar-refractivity contribution in [1.82, 2.24) is 0 Å². The number of anilines is 1. The molecular weight excluding hydrogens is 288 g/mol. The van der Waals surface area contributed by atoms with E-state index in [0.29, 0.717) is 11.4 Å². The molecule has 6 heteroatoms. The third-order valence-corrected chi connectivity index (χ3v) is 5.62. The number of rotatable bonds is 6. The van der Waals surface area contributed by atoms with Crippen LogP contribution in [0.4, 0.5) is 11.4 Å². The molecule has 1 N–H and O–H groups in total. The first-order valence-electron chi connectivity index (χ1n) is 7.22. The van der Waals surface area contributed by atoms with Gasteiger partial charge in [-0.2, -0.15) is 11.8 Å². The minimum atomic E-state index is -0.353. The van der Waals surface area contributed by atoms with Crippen molar-refractivity contribution in [2.24, 2.45) is 0 Å². The third-order valence-electron chi connectivity index (χ3n) is 4.20. The summed E-state index contributed by atoms with van der Waals surface area (Å²) in [6.07, 6.45) is 8.23. The Morgan fingerprint density at radius 1 is 1.38 bits per heavy atom. The van der Waals surface area contributed by atoms with Crippen LogP contribution in [-0.2, 0) is 0 Å². The van der Waals surface area contributed by atoms with E-state index in [1.54, 1.807) is 19.2 Å². The topological polar surface area (TPSA) is 64.4 Å². The van der Waals surface area contributed by atoms with Gasteiger partial charge in [-0.1, -0.05) is 19.3 Å². The van der Waals surface area contributed by atoms with E-state index >= 15 is 0 Å². The number of nitro benzene ring substituents is 1. The molecule has 0 aromatic heterocycles. The van der Waals surface area contributed by atoms with E-state index in [9.17, 15) is 10.1 Å². The fraction of sp³-hybridized carbons (Fsp3) is 0.600. The van der Waals surface area contributed by atoms with Crippen molar-refractivity contribution in [2.75, 3.05) is 25.2 Å². The Balaban J connectivity index is 2.15. The zero-order valence-corrected chi connectivity index (χ0v) is 13.4. The molecule has 1 aliphatic carbocycles. The molecule has 0 spiro atoms. The number of nitro groups is 1. The fourth-order valence-corrected chi connectivity index (χ4v) is 3.76. The molecule has 1 fully saturated rings. The van der Waals surface area contributed by atoms with Gasteiger partial charge in [0.1, 0.15) is 11.4 Å². The molecule has 0 heterocycles. The summed E-state index contributed by atoms with van der Waals surface area (Å²) < 4.78 is 5.35. The predicted molar refractivity (Wildman–Crippen MR) is 87.5 cm³/mol. The summed E-state index contributed by atoms with van der Waals surface area (Å²) in [5.41, 5.74) is 0.640. The first-order valence-corrected chi connectivity index (χ1v) is 8.44. The van der Waals surface area contributed by atoms with Gasteiger partial charge < -0.3 is 10.1 Å². The number of nitrogens with zero attached hydrogens (tertiary/aromatic N) is 1. The molecule has 0 unspecified atom stereocenters. The molecule has 0 radical (unpaired) electrons. The van der Waals surface area contributed by atoms with Gasteiger partial charge in [-0.3, -0.25) is 10.1 Å². The van der Waals surface area contributed by atoms with Gasteiger partial charge in [0.2, 0.25) is 0 Å². The highest BCUT2D eigenvalue weighted by Gasteiger charge is 2.31. The molecule has 0 atom stereocenters. The second kappa shape index (κ2) is 7.02. The molecule has 0 amide bonds. The standard InChI is InChI=1S/C15H22N2O3S/c1-20-12-6-7-14(17(18)19)13(10-12)16-11-15(21-2)8-4-3-5-9-15/h6-7,10,16H,3-5,8-9,11H2,1-2H3. The molecule has 116 valence electrons. The normalized spacial score (nSPS) is 17.2. The first kappa shape index (κ1) is 15.9. The third kappa shape index (κ3) is 3.81. The number of hydrogen-bond donors (Lipinski definition) is 1. The van der Waals surface area contributed by atoms with Crippen molar-refractivity contribution in [2.45, 2.75) is 36.9 Å². The summed E-state index contributed by atoms with van der Waals surface area (Å²) in [7, 11) is 1.56. The number of thioether (sulfide) groups is 1. The van der Waals surface area contributed by atoms with Crippen molar-refractivity contribution in [3.05, 3.63) is 28.3 Å². The van der Waals surface area contributed by atoms with E-state index < -0.39 is 0 Å². The lowest BCUT2D eigenvalue weighted by Crippen LogP contribution is -2.35. The van der Waals surface area contributed by atoms with Crippen LogP contribution < -0.4 is 10.1 Å². The van der Waals surface area contributed by atoms with Crippen LogP contribution in [-0.4, -0.2) is 29.6 Å². The van der Waals surface area contributed by atoms with Crippen molar-refractivity contribution in [3.63, 3.8) is 0 Å². The SMILES string of the molecule is COc1ccc([N+](=O)[O-])c(NCC2(SC)CCCCC2)c1. The second-order valence-electron chi connectivity index (χ2n) is 5.44. The maximum atomic E-state index is 11.1. The van der Waals surface area contributed by atoms with Crippen LogP contribution in [0.1, 0.15) is 32.1 Å².